The number of hydrogen-bond acceptors (Lipinski definition) is 4. The fourth-order valence-corrected chi connectivity index (χ4v) is 6.08. The van der Waals surface area contributed by atoms with Crippen molar-refractivity contribution >= 4 is 32.9 Å². The second-order valence-electron chi connectivity index (χ2n) is 13.3. The highest BCUT2D eigenvalue weighted by atomic mass is 79.9. The second-order valence-corrected chi connectivity index (χ2v) is 14.2. The second kappa shape index (κ2) is 46.5. The van der Waals surface area contributed by atoms with Crippen LogP contribution in [0, 0.1) is 35.5 Å². The van der Waals surface area contributed by atoms with Crippen LogP contribution in [-0.4, -0.2) is 41.0 Å². The molecule has 0 spiro atoms. The van der Waals surface area contributed by atoms with E-state index in [2.05, 4.69) is 221 Å². The zero-order valence-corrected chi connectivity index (χ0v) is 41.7. The van der Waals surface area contributed by atoms with Gasteiger partial charge < -0.3 is 18.9 Å². The molecule has 0 N–H and O–H groups in total. The molecule has 0 heterocycles. The van der Waals surface area contributed by atoms with E-state index in [0.29, 0.717) is 31.0 Å². The summed E-state index contributed by atoms with van der Waals surface area (Å²) in [6, 6.07) is 0. The molecular weight excluding hydrogens is 920 g/mol. The van der Waals surface area contributed by atoms with E-state index in [0.717, 1.165) is 54.2 Å². The Morgan fingerprint density at radius 2 is 0.953 bits per heavy atom. The standard InChI is InChI=1S/C32H35BrO4.C26H24.BrH.6H2/c1-8-12-15-18-29(23-36-25-34-6)27(5)21-31(32(33)20-17-14-10-3)22-28(11-4)30(19-16-13-9-2)24-37-26-35-7;1-6-10-13-16-19-24(5)22-26(21-18-15-12-8-3)23-25(9-4)20-17-14-11-7-2;;;;;;;/h27-28,31H,1-3,11,21-26H2,4-7H3;19-21,24-26H,1-3,9,22-23H2,4-5H3;7*1H. The van der Waals surface area contributed by atoms with Crippen LogP contribution >= 0.6 is 32.9 Å². The first-order valence-electron chi connectivity index (χ1n) is 20.2. The van der Waals surface area contributed by atoms with Crippen LogP contribution in [-0.2, 0) is 18.9 Å². The largest absolute Gasteiger partial charge is 0.359 e. The van der Waals surface area contributed by atoms with E-state index in [1.165, 1.54) is 0 Å². The topological polar surface area (TPSA) is 36.9 Å². The molecule has 0 aliphatic rings. The number of methoxy groups -OCH3 is 2. The molecule has 342 valence electrons. The average Bonchev–Trinajstić information content (AvgIpc) is 3.28. The first-order chi connectivity index (χ1) is 30.7. The molecule has 64 heavy (non-hydrogen) atoms. The molecule has 0 saturated heterocycles. The maximum absolute atomic E-state index is 5.64. The molecule has 6 heteroatoms. The molecule has 0 aromatic rings. The van der Waals surface area contributed by atoms with Crippen LogP contribution < -0.4 is 0 Å². The molecule has 0 aromatic heterocycles. The minimum atomic E-state index is 0. The Hall–Kier alpha value is -6.04. The van der Waals surface area contributed by atoms with Gasteiger partial charge >= 0.3 is 0 Å². The van der Waals surface area contributed by atoms with Gasteiger partial charge in [0.2, 0.25) is 0 Å². The summed E-state index contributed by atoms with van der Waals surface area (Å²) < 4.78 is 22.2. The zero-order chi connectivity index (χ0) is 47.2. The van der Waals surface area contributed by atoms with Crippen molar-refractivity contribution < 1.29 is 27.5 Å². The van der Waals surface area contributed by atoms with Crippen molar-refractivity contribution in [3.05, 3.63) is 211 Å². The first-order valence-corrected chi connectivity index (χ1v) is 21.0. The van der Waals surface area contributed by atoms with Gasteiger partial charge in [-0.25, -0.2) is 0 Å². The molecule has 0 rings (SSSR count). The predicted molar refractivity (Wildman–Crippen MR) is 281 cm³/mol. The molecule has 0 aliphatic carbocycles. The lowest BCUT2D eigenvalue weighted by Gasteiger charge is -2.26. The predicted octanol–water partition coefficient (Wildman–Crippen LogP) is 15.7. The number of rotatable bonds is 24. The maximum atomic E-state index is 5.64. The minimum Gasteiger partial charge on any atom is -0.359 e. The van der Waals surface area contributed by atoms with Gasteiger partial charge in [0.15, 0.2) is 0 Å². The summed E-state index contributed by atoms with van der Waals surface area (Å²) in [5.41, 5.74) is 68.5. The maximum Gasteiger partial charge on any atom is 0.146 e. The number of ether oxygens (including phenoxy) is 4. The molecule has 0 radical (unpaired) electrons. The Kier molecular flexibility index (Phi) is 45.2. The van der Waals surface area contributed by atoms with Gasteiger partial charge in [-0.15, -0.1) is 17.0 Å². The van der Waals surface area contributed by atoms with Crippen molar-refractivity contribution in [1.29, 1.82) is 0 Å². The molecule has 0 saturated carbocycles. The van der Waals surface area contributed by atoms with Gasteiger partial charge in [-0.1, -0.05) is 90.7 Å². The van der Waals surface area contributed by atoms with E-state index in [-0.39, 0.29) is 56.9 Å². The summed E-state index contributed by atoms with van der Waals surface area (Å²) >= 11 is 3.72. The molecule has 0 aromatic carbocycles. The lowest BCUT2D eigenvalue weighted by atomic mass is 9.81. The fourth-order valence-electron chi connectivity index (χ4n) is 5.61. The molecule has 6 unspecified atom stereocenters. The van der Waals surface area contributed by atoms with Crippen LogP contribution in [0.4, 0.5) is 0 Å². The monoisotopic (exact) mass is 990 g/mol. The Bertz CT molecular complexity index is 2530. The van der Waals surface area contributed by atoms with Crippen LogP contribution in [0.5, 0.6) is 0 Å². The Morgan fingerprint density at radius 3 is 1.42 bits per heavy atom. The van der Waals surface area contributed by atoms with E-state index < -0.39 is 0 Å². The third-order valence-electron chi connectivity index (χ3n) is 8.62. The van der Waals surface area contributed by atoms with Gasteiger partial charge in [0.1, 0.15) is 13.6 Å². The van der Waals surface area contributed by atoms with E-state index in [1.807, 2.05) is 18.2 Å². The smallest absolute Gasteiger partial charge is 0.146 e. The number of halogens is 2. The first kappa shape index (κ1) is 62.3. The van der Waals surface area contributed by atoms with Crippen LogP contribution in [0.3, 0.4) is 0 Å². The SMILES string of the molecule is Br.C=C=C=C=C=C(COCOC)C(C)CC(CC(CC)C(=C=C=C=C=C)COCOC)C(Br)=C=C=C=C=C.C=C=C=C=C=CC(C)CC(C=C=C=C=C=C)CC(C=C=C=C=C=C)CC.[HH].[HH].[HH].[HH].[HH].[HH]. The van der Waals surface area contributed by atoms with E-state index in [9.17, 15) is 0 Å². The lowest BCUT2D eigenvalue weighted by molar-refractivity contribution is -0.0234. The molecule has 0 amide bonds. The van der Waals surface area contributed by atoms with Gasteiger partial charge in [0.05, 0.1) is 13.2 Å². The molecule has 4 nitrogen and oxygen atoms in total. The fraction of sp³-hybridized carbons (Fsp3) is 0.379. The van der Waals surface area contributed by atoms with Crippen LogP contribution in [0.25, 0.3) is 0 Å². The van der Waals surface area contributed by atoms with E-state index in [4.69, 9.17) is 18.9 Å². The van der Waals surface area contributed by atoms with Crippen molar-refractivity contribution in [2.45, 2.75) is 66.2 Å². The minimum absolute atomic E-state index is 0. The number of hydrogen-bond donors (Lipinski definition) is 0. The van der Waals surface area contributed by atoms with Crippen molar-refractivity contribution in [3.63, 3.8) is 0 Å². The van der Waals surface area contributed by atoms with E-state index in [1.54, 1.807) is 14.2 Å². The third kappa shape index (κ3) is 35.5. The highest BCUT2D eigenvalue weighted by Crippen LogP contribution is 2.35. The Morgan fingerprint density at radius 1 is 0.516 bits per heavy atom. The summed E-state index contributed by atoms with van der Waals surface area (Å²) in [5, 5.41) is 0. The molecular formula is C58H72Br2O4. The highest BCUT2D eigenvalue weighted by Gasteiger charge is 2.25. The zero-order valence-electron chi connectivity index (χ0n) is 38.4. The van der Waals surface area contributed by atoms with Gasteiger partial charge in [-0.2, -0.15) is 0 Å². The summed E-state index contributed by atoms with van der Waals surface area (Å²) in [4.78, 5) is 0. The summed E-state index contributed by atoms with van der Waals surface area (Å²) in [7, 11) is 3.17. The molecule has 6 atom stereocenters. The van der Waals surface area contributed by atoms with Crippen LogP contribution in [0.15, 0.2) is 211 Å². The van der Waals surface area contributed by atoms with Gasteiger partial charge in [0.25, 0.3) is 0 Å². The lowest BCUT2D eigenvalue weighted by Crippen LogP contribution is -2.18. The average molecular weight is 993 g/mol. The summed E-state index contributed by atoms with van der Waals surface area (Å²) in [6.07, 6.45) is 11.4. The van der Waals surface area contributed by atoms with Crippen molar-refractivity contribution in [1.82, 2.24) is 0 Å². The molecule has 0 bridgehead atoms. The van der Waals surface area contributed by atoms with Crippen LogP contribution in [0.1, 0.15) is 74.8 Å². The van der Waals surface area contributed by atoms with Crippen LogP contribution in [0.2, 0.25) is 0 Å². The van der Waals surface area contributed by atoms with Gasteiger partial charge in [0, 0.05) is 38.4 Å². The Balaban J connectivity index is -0.000000145. The Labute approximate surface area is 412 Å². The normalized spacial score (nSPS) is 10.9. The van der Waals surface area contributed by atoms with Crippen molar-refractivity contribution in [3.8, 4) is 0 Å². The van der Waals surface area contributed by atoms with Crippen molar-refractivity contribution in [2.24, 2.45) is 35.5 Å². The summed E-state index contributed by atoms with van der Waals surface area (Å²) in [5.74, 6) is 1.32. The van der Waals surface area contributed by atoms with Gasteiger partial charge in [-0.05, 0) is 222 Å². The quantitative estimate of drug-likeness (QED) is 0.0549. The van der Waals surface area contributed by atoms with Crippen molar-refractivity contribution in [2.75, 3.05) is 41.0 Å². The highest BCUT2D eigenvalue weighted by molar-refractivity contribution is 9.11. The third-order valence-corrected chi connectivity index (χ3v) is 9.47. The molecule has 0 aliphatic heterocycles. The molecule has 0 fully saturated rings. The van der Waals surface area contributed by atoms with E-state index >= 15 is 0 Å². The summed E-state index contributed by atoms with van der Waals surface area (Å²) in [6.45, 7) is 30.5. The number of allylic oxidation sites excluding steroid dienone is 4. The van der Waals surface area contributed by atoms with Gasteiger partial charge in [-0.3, -0.25) is 0 Å².